The SMILES string of the molecule is C=Cc1cc(OC[C@@H]2CCCN2)cnc1Cl.Cl. The van der Waals surface area contributed by atoms with Crippen molar-refractivity contribution in [2.75, 3.05) is 13.2 Å². The van der Waals surface area contributed by atoms with Crippen molar-refractivity contribution in [2.24, 2.45) is 0 Å². The number of ether oxygens (including phenoxy) is 1. The van der Waals surface area contributed by atoms with Gasteiger partial charge in [-0.15, -0.1) is 12.4 Å². The molecule has 0 saturated carbocycles. The lowest BCUT2D eigenvalue weighted by molar-refractivity contribution is 0.276. The minimum Gasteiger partial charge on any atom is -0.490 e. The second-order valence-corrected chi connectivity index (χ2v) is 4.22. The average Bonchev–Trinajstić information content (AvgIpc) is 2.81. The minimum atomic E-state index is 0. The molecule has 1 aromatic heterocycles. The van der Waals surface area contributed by atoms with Gasteiger partial charge in [0, 0.05) is 11.6 Å². The molecule has 1 aromatic rings. The van der Waals surface area contributed by atoms with Gasteiger partial charge in [0.05, 0.1) is 6.20 Å². The molecule has 5 heteroatoms. The maximum Gasteiger partial charge on any atom is 0.138 e. The van der Waals surface area contributed by atoms with Gasteiger partial charge in [-0.3, -0.25) is 0 Å². The predicted molar refractivity (Wildman–Crippen MR) is 73.1 cm³/mol. The van der Waals surface area contributed by atoms with Gasteiger partial charge in [0.25, 0.3) is 0 Å². The third kappa shape index (κ3) is 3.87. The van der Waals surface area contributed by atoms with Gasteiger partial charge in [0.2, 0.25) is 0 Å². The number of nitrogens with zero attached hydrogens (tertiary/aromatic N) is 1. The highest BCUT2D eigenvalue weighted by Crippen LogP contribution is 2.20. The highest BCUT2D eigenvalue weighted by Gasteiger charge is 2.14. The van der Waals surface area contributed by atoms with Gasteiger partial charge in [0.1, 0.15) is 17.5 Å². The second-order valence-electron chi connectivity index (χ2n) is 3.86. The molecule has 1 aliphatic rings. The van der Waals surface area contributed by atoms with E-state index < -0.39 is 0 Å². The Morgan fingerprint density at radius 3 is 3.12 bits per heavy atom. The van der Waals surface area contributed by atoms with Crippen molar-refractivity contribution in [3.8, 4) is 5.75 Å². The number of rotatable bonds is 4. The van der Waals surface area contributed by atoms with E-state index in [-0.39, 0.29) is 12.4 Å². The molecule has 1 aliphatic heterocycles. The van der Waals surface area contributed by atoms with E-state index in [1.54, 1.807) is 12.3 Å². The first-order chi connectivity index (χ1) is 7.79. The summed E-state index contributed by atoms with van der Waals surface area (Å²) in [6.07, 6.45) is 5.72. The van der Waals surface area contributed by atoms with Crippen molar-refractivity contribution in [2.45, 2.75) is 18.9 Å². The molecule has 17 heavy (non-hydrogen) atoms. The zero-order valence-electron chi connectivity index (χ0n) is 9.49. The van der Waals surface area contributed by atoms with E-state index in [9.17, 15) is 0 Å². The molecule has 0 radical (unpaired) electrons. The second kappa shape index (κ2) is 6.84. The highest BCUT2D eigenvalue weighted by molar-refractivity contribution is 6.30. The van der Waals surface area contributed by atoms with Crippen LogP contribution in [0.5, 0.6) is 5.75 Å². The third-order valence-electron chi connectivity index (χ3n) is 2.67. The molecule has 0 bridgehead atoms. The summed E-state index contributed by atoms with van der Waals surface area (Å²) in [6.45, 7) is 5.45. The van der Waals surface area contributed by atoms with Crippen molar-refractivity contribution >= 4 is 30.1 Å². The Morgan fingerprint density at radius 1 is 1.65 bits per heavy atom. The Balaban J connectivity index is 0.00000144. The number of hydrogen-bond donors (Lipinski definition) is 1. The molecule has 1 saturated heterocycles. The normalized spacial score (nSPS) is 18.5. The van der Waals surface area contributed by atoms with E-state index in [2.05, 4.69) is 16.9 Å². The summed E-state index contributed by atoms with van der Waals surface area (Å²) in [5.41, 5.74) is 0.804. The van der Waals surface area contributed by atoms with Crippen LogP contribution in [-0.2, 0) is 0 Å². The fourth-order valence-corrected chi connectivity index (χ4v) is 1.94. The molecular formula is C12H16Cl2N2O. The maximum absolute atomic E-state index is 5.87. The zero-order chi connectivity index (χ0) is 11.4. The van der Waals surface area contributed by atoms with Crippen molar-refractivity contribution in [3.63, 3.8) is 0 Å². The Kier molecular flexibility index (Phi) is 5.75. The summed E-state index contributed by atoms with van der Waals surface area (Å²) in [6, 6.07) is 2.32. The average molecular weight is 275 g/mol. The Labute approximate surface area is 113 Å². The van der Waals surface area contributed by atoms with Gasteiger partial charge in [-0.05, 0) is 25.5 Å². The van der Waals surface area contributed by atoms with Gasteiger partial charge in [-0.25, -0.2) is 4.98 Å². The lowest BCUT2D eigenvalue weighted by atomic mass is 10.2. The lowest BCUT2D eigenvalue weighted by Gasteiger charge is -2.12. The fraction of sp³-hybridized carbons (Fsp3) is 0.417. The van der Waals surface area contributed by atoms with Crippen LogP contribution in [0.4, 0.5) is 0 Å². The summed E-state index contributed by atoms with van der Waals surface area (Å²) in [7, 11) is 0. The monoisotopic (exact) mass is 274 g/mol. The molecule has 0 aromatic carbocycles. The first-order valence-electron chi connectivity index (χ1n) is 5.44. The fourth-order valence-electron chi connectivity index (χ4n) is 1.76. The van der Waals surface area contributed by atoms with Gasteiger partial charge < -0.3 is 10.1 Å². The van der Waals surface area contributed by atoms with Gasteiger partial charge in [0.15, 0.2) is 0 Å². The Hall–Kier alpha value is -0.770. The van der Waals surface area contributed by atoms with Gasteiger partial charge in [-0.2, -0.15) is 0 Å². The van der Waals surface area contributed by atoms with Crippen LogP contribution in [0.1, 0.15) is 18.4 Å². The summed E-state index contributed by atoms with van der Waals surface area (Å²) in [5, 5.41) is 3.83. The van der Waals surface area contributed by atoms with Crippen LogP contribution in [-0.4, -0.2) is 24.2 Å². The van der Waals surface area contributed by atoms with Gasteiger partial charge >= 0.3 is 0 Å². The van der Waals surface area contributed by atoms with Crippen molar-refractivity contribution < 1.29 is 4.74 Å². The standard InChI is InChI=1S/C12H15ClN2O.ClH/c1-2-9-6-11(7-15-12(9)13)16-8-10-4-3-5-14-10;/h2,6-7,10,14H,1,3-5,8H2;1H/t10-;/m0./s1. The molecule has 0 unspecified atom stereocenters. The highest BCUT2D eigenvalue weighted by atomic mass is 35.5. The number of pyridine rings is 1. The molecule has 3 nitrogen and oxygen atoms in total. The number of nitrogens with one attached hydrogen (secondary N) is 1. The van der Waals surface area contributed by atoms with E-state index in [1.807, 2.05) is 6.07 Å². The summed E-state index contributed by atoms with van der Waals surface area (Å²) in [4.78, 5) is 4.04. The quantitative estimate of drug-likeness (QED) is 0.858. The predicted octanol–water partition coefficient (Wildman–Crippen LogP) is 2.93. The van der Waals surface area contributed by atoms with E-state index in [4.69, 9.17) is 16.3 Å². The van der Waals surface area contributed by atoms with E-state index in [0.29, 0.717) is 17.8 Å². The molecular weight excluding hydrogens is 259 g/mol. The smallest absolute Gasteiger partial charge is 0.138 e. The zero-order valence-corrected chi connectivity index (χ0v) is 11.1. The van der Waals surface area contributed by atoms with Crippen molar-refractivity contribution in [1.82, 2.24) is 10.3 Å². The molecule has 1 atom stereocenters. The number of halogens is 2. The number of hydrogen-bond acceptors (Lipinski definition) is 3. The minimum absolute atomic E-state index is 0. The van der Waals surface area contributed by atoms with Crippen molar-refractivity contribution in [1.29, 1.82) is 0 Å². The lowest BCUT2D eigenvalue weighted by Crippen LogP contribution is -2.28. The van der Waals surface area contributed by atoms with Crippen LogP contribution in [0.2, 0.25) is 5.15 Å². The van der Waals surface area contributed by atoms with E-state index >= 15 is 0 Å². The molecule has 2 rings (SSSR count). The van der Waals surface area contributed by atoms with Crippen LogP contribution < -0.4 is 10.1 Å². The molecule has 1 N–H and O–H groups in total. The van der Waals surface area contributed by atoms with Crippen LogP contribution in [0.25, 0.3) is 6.08 Å². The van der Waals surface area contributed by atoms with Crippen LogP contribution in [0, 0.1) is 0 Å². The third-order valence-corrected chi connectivity index (χ3v) is 2.99. The Morgan fingerprint density at radius 2 is 2.47 bits per heavy atom. The van der Waals surface area contributed by atoms with Crippen LogP contribution >= 0.6 is 24.0 Å². The van der Waals surface area contributed by atoms with Crippen LogP contribution in [0.3, 0.4) is 0 Å². The molecule has 0 amide bonds. The first-order valence-corrected chi connectivity index (χ1v) is 5.81. The van der Waals surface area contributed by atoms with E-state index in [1.165, 1.54) is 12.8 Å². The van der Waals surface area contributed by atoms with Crippen molar-refractivity contribution in [3.05, 3.63) is 29.6 Å². The Bertz CT molecular complexity index is 379. The largest absolute Gasteiger partial charge is 0.490 e. The van der Waals surface area contributed by atoms with Gasteiger partial charge in [-0.1, -0.05) is 24.3 Å². The molecule has 94 valence electrons. The summed E-state index contributed by atoms with van der Waals surface area (Å²) < 4.78 is 5.66. The molecule has 0 spiro atoms. The molecule has 1 fully saturated rings. The first kappa shape index (κ1) is 14.3. The molecule has 0 aliphatic carbocycles. The summed E-state index contributed by atoms with van der Waals surface area (Å²) >= 11 is 5.87. The summed E-state index contributed by atoms with van der Waals surface area (Å²) in [5.74, 6) is 0.744. The topological polar surface area (TPSA) is 34.1 Å². The molecule has 2 heterocycles. The van der Waals surface area contributed by atoms with Crippen LogP contribution in [0.15, 0.2) is 18.8 Å². The number of aromatic nitrogens is 1. The maximum atomic E-state index is 5.87. The van der Waals surface area contributed by atoms with E-state index in [0.717, 1.165) is 17.9 Å².